The molecule has 2 heteroatoms. The fraction of sp³-hybridized carbons (Fsp3) is 1.00. The number of nitrogens with one attached hydrogen (secondary N) is 1. The van der Waals surface area contributed by atoms with E-state index in [-0.39, 0.29) is 0 Å². The van der Waals surface area contributed by atoms with Crippen LogP contribution >= 0.6 is 0 Å². The van der Waals surface area contributed by atoms with Crippen LogP contribution < -0.4 is 5.32 Å². The maximum atomic E-state index is 3.57. The van der Waals surface area contributed by atoms with Gasteiger partial charge in [0.25, 0.3) is 0 Å². The van der Waals surface area contributed by atoms with Crippen molar-refractivity contribution < 1.29 is 0 Å². The first-order valence-electron chi connectivity index (χ1n) is 7.93. The molecule has 1 heterocycles. The monoisotopic (exact) mass is 252 g/mol. The predicted octanol–water partition coefficient (Wildman–Crippen LogP) is 3.28. The smallest absolute Gasteiger partial charge is 0.0221 e. The number of piperidine rings is 1. The van der Waals surface area contributed by atoms with Gasteiger partial charge in [0.15, 0.2) is 0 Å². The first-order valence-corrected chi connectivity index (χ1v) is 7.93. The van der Waals surface area contributed by atoms with Gasteiger partial charge in [0.2, 0.25) is 0 Å². The maximum Gasteiger partial charge on any atom is 0.0221 e. The van der Waals surface area contributed by atoms with Crippen LogP contribution in [0.5, 0.6) is 0 Å². The highest BCUT2D eigenvalue weighted by atomic mass is 15.2. The summed E-state index contributed by atoms with van der Waals surface area (Å²) in [6.45, 7) is 9.72. The minimum Gasteiger partial charge on any atom is -0.315 e. The van der Waals surface area contributed by atoms with E-state index in [4.69, 9.17) is 0 Å². The lowest BCUT2D eigenvalue weighted by Crippen LogP contribution is -2.53. The number of hydrogen-bond donors (Lipinski definition) is 1. The molecule has 2 rings (SSSR count). The van der Waals surface area contributed by atoms with E-state index in [9.17, 15) is 0 Å². The molecule has 1 saturated heterocycles. The second-order valence-corrected chi connectivity index (χ2v) is 7.49. The van der Waals surface area contributed by atoms with Gasteiger partial charge in [-0.15, -0.1) is 0 Å². The Morgan fingerprint density at radius 1 is 1.00 bits per heavy atom. The van der Waals surface area contributed by atoms with Crippen LogP contribution in [0.25, 0.3) is 0 Å². The zero-order chi connectivity index (χ0) is 13.2. The summed E-state index contributed by atoms with van der Waals surface area (Å²) in [5.41, 5.74) is 0.460. The van der Waals surface area contributed by atoms with Crippen molar-refractivity contribution >= 4 is 0 Å². The van der Waals surface area contributed by atoms with E-state index in [1.807, 2.05) is 0 Å². The van der Waals surface area contributed by atoms with Crippen LogP contribution in [-0.4, -0.2) is 37.1 Å². The van der Waals surface area contributed by atoms with Crippen LogP contribution in [0.1, 0.15) is 59.3 Å². The molecule has 3 atom stereocenters. The third-order valence-corrected chi connectivity index (χ3v) is 5.21. The van der Waals surface area contributed by atoms with E-state index in [1.165, 1.54) is 51.6 Å². The quantitative estimate of drug-likeness (QED) is 0.811. The van der Waals surface area contributed by atoms with Gasteiger partial charge in [-0.1, -0.05) is 33.6 Å². The Balaban J connectivity index is 2.03. The van der Waals surface area contributed by atoms with E-state index in [2.05, 4.69) is 38.0 Å². The zero-order valence-electron chi connectivity index (χ0n) is 12.8. The Morgan fingerprint density at radius 2 is 1.72 bits per heavy atom. The average Bonchev–Trinajstić information content (AvgIpc) is 2.38. The van der Waals surface area contributed by atoms with E-state index in [1.54, 1.807) is 0 Å². The Labute approximate surface area is 114 Å². The minimum absolute atomic E-state index is 0.460. The summed E-state index contributed by atoms with van der Waals surface area (Å²) in [6, 6.07) is 1.58. The molecule has 3 unspecified atom stereocenters. The van der Waals surface area contributed by atoms with E-state index in [0.29, 0.717) is 5.41 Å². The highest BCUT2D eigenvalue weighted by Gasteiger charge is 2.38. The van der Waals surface area contributed by atoms with E-state index in [0.717, 1.165) is 18.0 Å². The molecule has 18 heavy (non-hydrogen) atoms. The number of rotatable bonds is 2. The summed E-state index contributed by atoms with van der Waals surface area (Å²) in [7, 11) is 2.38. The fourth-order valence-corrected chi connectivity index (χ4v) is 4.06. The molecule has 0 bridgehead atoms. The Morgan fingerprint density at radius 3 is 2.33 bits per heavy atom. The van der Waals surface area contributed by atoms with Crippen LogP contribution in [0, 0.1) is 11.3 Å². The van der Waals surface area contributed by atoms with E-state index >= 15 is 0 Å². The van der Waals surface area contributed by atoms with Crippen LogP contribution in [0.2, 0.25) is 0 Å². The van der Waals surface area contributed by atoms with Crippen molar-refractivity contribution in [1.82, 2.24) is 10.2 Å². The van der Waals surface area contributed by atoms with Crippen LogP contribution in [0.4, 0.5) is 0 Å². The lowest BCUT2D eigenvalue weighted by molar-refractivity contribution is 0.0261. The highest BCUT2D eigenvalue weighted by Crippen LogP contribution is 2.40. The van der Waals surface area contributed by atoms with Crippen molar-refractivity contribution in [2.45, 2.75) is 71.4 Å². The second kappa shape index (κ2) is 5.92. The highest BCUT2D eigenvalue weighted by molar-refractivity contribution is 4.92. The van der Waals surface area contributed by atoms with Crippen LogP contribution in [-0.2, 0) is 0 Å². The van der Waals surface area contributed by atoms with Crippen molar-refractivity contribution in [2.75, 3.05) is 20.1 Å². The molecule has 0 aromatic carbocycles. The number of hydrogen-bond acceptors (Lipinski definition) is 2. The molecular formula is C16H32N2. The standard InChI is InChI=1S/C16H32N2/c1-16(2,3)14-9-5-6-10-15(14)18(4)13-8-7-11-17-12-13/h13-15,17H,5-12H2,1-4H3. The molecule has 1 aliphatic carbocycles. The largest absolute Gasteiger partial charge is 0.315 e. The van der Waals surface area contributed by atoms with Gasteiger partial charge in [0.05, 0.1) is 0 Å². The third kappa shape index (κ3) is 3.27. The van der Waals surface area contributed by atoms with Crippen LogP contribution in [0.3, 0.4) is 0 Å². The summed E-state index contributed by atoms with van der Waals surface area (Å²) in [5, 5.41) is 3.57. The molecule has 2 aliphatic rings. The SMILES string of the molecule is CN(C1CCCNC1)C1CCCCC1C(C)(C)C. The molecule has 0 radical (unpaired) electrons. The van der Waals surface area contributed by atoms with Gasteiger partial charge < -0.3 is 5.32 Å². The average molecular weight is 252 g/mol. The summed E-state index contributed by atoms with van der Waals surface area (Å²) in [5.74, 6) is 0.873. The molecular weight excluding hydrogens is 220 g/mol. The summed E-state index contributed by atoms with van der Waals surface area (Å²) in [4.78, 5) is 2.72. The van der Waals surface area contributed by atoms with Gasteiger partial charge in [-0.25, -0.2) is 0 Å². The Hall–Kier alpha value is -0.0800. The maximum absolute atomic E-state index is 3.57. The van der Waals surface area contributed by atoms with Gasteiger partial charge in [-0.05, 0) is 50.6 Å². The predicted molar refractivity (Wildman–Crippen MR) is 78.9 cm³/mol. The van der Waals surface area contributed by atoms with Gasteiger partial charge in [-0.3, -0.25) is 4.90 Å². The Kier molecular flexibility index (Phi) is 4.71. The summed E-state index contributed by atoms with van der Waals surface area (Å²) >= 11 is 0. The zero-order valence-corrected chi connectivity index (χ0v) is 12.8. The first kappa shape index (κ1) is 14.3. The van der Waals surface area contributed by atoms with Gasteiger partial charge in [0, 0.05) is 18.6 Å². The number of nitrogens with zero attached hydrogens (tertiary/aromatic N) is 1. The molecule has 0 spiro atoms. The molecule has 0 amide bonds. The van der Waals surface area contributed by atoms with Crippen LogP contribution in [0.15, 0.2) is 0 Å². The molecule has 1 saturated carbocycles. The van der Waals surface area contributed by atoms with Crippen molar-refractivity contribution in [2.24, 2.45) is 11.3 Å². The molecule has 2 fully saturated rings. The molecule has 1 N–H and O–H groups in total. The van der Waals surface area contributed by atoms with Gasteiger partial charge in [0.1, 0.15) is 0 Å². The van der Waals surface area contributed by atoms with Gasteiger partial charge in [-0.2, -0.15) is 0 Å². The minimum atomic E-state index is 0.460. The van der Waals surface area contributed by atoms with Crippen molar-refractivity contribution in [3.05, 3.63) is 0 Å². The number of likely N-dealkylation sites (N-methyl/N-ethyl adjacent to an activating group) is 1. The molecule has 106 valence electrons. The molecule has 0 aromatic rings. The Bertz CT molecular complexity index is 250. The lowest BCUT2D eigenvalue weighted by Gasteiger charge is -2.47. The molecule has 2 nitrogen and oxygen atoms in total. The summed E-state index contributed by atoms with van der Waals surface area (Å²) < 4.78 is 0. The fourth-order valence-electron chi connectivity index (χ4n) is 4.06. The normalized spacial score (nSPS) is 34.8. The van der Waals surface area contributed by atoms with Crippen molar-refractivity contribution in [1.29, 1.82) is 0 Å². The molecule has 1 aliphatic heterocycles. The third-order valence-electron chi connectivity index (χ3n) is 5.21. The van der Waals surface area contributed by atoms with Crippen molar-refractivity contribution in [3.8, 4) is 0 Å². The van der Waals surface area contributed by atoms with Crippen molar-refractivity contribution in [3.63, 3.8) is 0 Å². The summed E-state index contributed by atoms with van der Waals surface area (Å²) in [6.07, 6.45) is 8.45. The topological polar surface area (TPSA) is 15.3 Å². The molecule has 0 aromatic heterocycles. The van der Waals surface area contributed by atoms with Gasteiger partial charge >= 0.3 is 0 Å². The second-order valence-electron chi connectivity index (χ2n) is 7.49. The lowest BCUT2D eigenvalue weighted by atomic mass is 9.69. The first-order chi connectivity index (χ1) is 8.50. The van der Waals surface area contributed by atoms with E-state index < -0.39 is 0 Å².